The first-order valence-electron chi connectivity index (χ1n) is 5.34. The second kappa shape index (κ2) is 5.61. The minimum Gasteiger partial charge on any atom is -0.479 e. The molecule has 0 fully saturated rings. The molecule has 4 heteroatoms. The molecule has 0 aliphatic carbocycles. The number of nitrogens with zero attached hydrogens (tertiary/aromatic N) is 2. The van der Waals surface area contributed by atoms with Crippen LogP contribution < -0.4 is 10.2 Å². The van der Waals surface area contributed by atoms with E-state index in [2.05, 4.69) is 5.43 Å². The highest BCUT2D eigenvalue weighted by Crippen LogP contribution is 2.11. The number of hydrogen-bond donors (Lipinski definition) is 1. The highest BCUT2D eigenvalue weighted by molar-refractivity contribution is 5.28. The molecule has 17 heavy (non-hydrogen) atoms. The Kier molecular flexibility index (Phi) is 3.66. The Morgan fingerprint density at radius 3 is 2.53 bits per heavy atom. The van der Waals surface area contributed by atoms with Gasteiger partial charge in [-0.1, -0.05) is 12.1 Å². The van der Waals surface area contributed by atoms with Gasteiger partial charge in [0.05, 0.1) is 6.54 Å². The molecule has 0 spiro atoms. The lowest BCUT2D eigenvalue weighted by Gasteiger charge is -2.08. The SMILES string of the molecule is N#CCOc1ccc(CNn2cccc2)cc1. The van der Waals surface area contributed by atoms with Crippen LogP contribution in [-0.4, -0.2) is 11.3 Å². The molecule has 86 valence electrons. The summed E-state index contributed by atoms with van der Waals surface area (Å²) in [4.78, 5) is 0. The Bertz CT molecular complexity index is 482. The minimum atomic E-state index is 0.0843. The van der Waals surface area contributed by atoms with Gasteiger partial charge in [0.2, 0.25) is 0 Å². The van der Waals surface area contributed by atoms with Gasteiger partial charge in [0.1, 0.15) is 11.8 Å². The first kappa shape index (κ1) is 11.1. The Morgan fingerprint density at radius 2 is 1.88 bits per heavy atom. The lowest BCUT2D eigenvalue weighted by Crippen LogP contribution is -2.11. The van der Waals surface area contributed by atoms with Crippen molar-refractivity contribution in [3.8, 4) is 11.8 Å². The zero-order valence-corrected chi connectivity index (χ0v) is 9.34. The normalized spacial score (nSPS) is 9.59. The van der Waals surface area contributed by atoms with E-state index in [9.17, 15) is 0 Å². The van der Waals surface area contributed by atoms with Crippen LogP contribution in [0.4, 0.5) is 0 Å². The molecule has 0 unspecified atom stereocenters. The highest BCUT2D eigenvalue weighted by Gasteiger charge is 1.95. The summed E-state index contributed by atoms with van der Waals surface area (Å²) in [7, 11) is 0. The van der Waals surface area contributed by atoms with E-state index in [1.165, 1.54) is 0 Å². The molecule has 1 N–H and O–H groups in total. The summed E-state index contributed by atoms with van der Waals surface area (Å²) in [5.74, 6) is 0.719. The Morgan fingerprint density at radius 1 is 1.18 bits per heavy atom. The van der Waals surface area contributed by atoms with E-state index in [0.29, 0.717) is 0 Å². The van der Waals surface area contributed by atoms with Gasteiger partial charge in [0, 0.05) is 12.4 Å². The average molecular weight is 227 g/mol. The van der Waals surface area contributed by atoms with Crippen LogP contribution in [0.15, 0.2) is 48.8 Å². The number of ether oxygens (including phenoxy) is 1. The first-order valence-corrected chi connectivity index (χ1v) is 5.34. The number of nitriles is 1. The molecule has 0 saturated heterocycles. The molecule has 0 bridgehead atoms. The zero-order valence-electron chi connectivity index (χ0n) is 9.34. The van der Waals surface area contributed by atoms with Crippen molar-refractivity contribution in [3.05, 3.63) is 54.4 Å². The van der Waals surface area contributed by atoms with Gasteiger partial charge in [-0.3, -0.25) is 4.68 Å². The van der Waals surface area contributed by atoms with Crippen LogP contribution in [0.2, 0.25) is 0 Å². The summed E-state index contributed by atoms with van der Waals surface area (Å²) in [6, 6.07) is 13.5. The smallest absolute Gasteiger partial charge is 0.174 e. The third-order valence-electron chi connectivity index (χ3n) is 2.30. The molecule has 2 aromatic rings. The summed E-state index contributed by atoms with van der Waals surface area (Å²) >= 11 is 0. The fourth-order valence-electron chi connectivity index (χ4n) is 1.44. The van der Waals surface area contributed by atoms with Crippen molar-refractivity contribution in [1.82, 2.24) is 4.68 Å². The van der Waals surface area contributed by atoms with E-state index in [1.54, 1.807) is 0 Å². The van der Waals surface area contributed by atoms with Gasteiger partial charge >= 0.3 is 0 Å². The number of nitrogens with one attached hydrogen (secondary N) is 1. The Hall–Kier alpha value is -2.41. The predicted octanol–water partition coefficient (Wildman–Crippen LogP) is 2.13. The largest absolute Gasteiger partial charge is 0.479 e. The molecular weight excluding hydrogens is 214 g/mol. The van der Waals surface area contributed by atoms with E-state index in [4.69, 9.17) is 10.00 Å². The fraction of sp³-hybridized carbons (Fsp3) is 0.154. The summed E-state index contributed by atoms with van der Waals surface area (Å²) in [5, 5.41) is 8.38. The van der Waals surface area contributed by atoms with Gasteiger partial charge in [-0.25, -0.2) is 0 Å². The van der Waals surface area contributed by atoms with Gasteiger partial charge < -0.3 is 10.2 Å². The molecule has 0 aliphatic rings. The van der Waals surface area contributed by atoms with Gasteiger partial charge in [-0.05, 0) is 29.8 Å². The van der Waals surface area contributed by atoms with Gasteiger partial charge in [-0.15, -0.1) is 0 Å². The van der Waals surface area contributed by atoms with E-state index in [-0.39, 0.29) is 6.61 Å². The Labute approximate surface area is 100 Å². The maximum absolute atomic E-state index is 8.38. The van der Waals surface area contributed by atoms with Crippen LogP contribution in [0.1, 0.15) is 5.56 Å². The van der Waals surface area contributed by atoms with Gasteiger partial charge in [-0.2, -0.15) is 5.26 Å². The second-order valence-corrected chi connectivity index (χ2v) is 3.52. The monoisotopic (exact) mass is 227 g/mol. The topological polar surface area (TPSA) is 50.0 Å². The summed E-state index contributed by atoms with van der Waals surface area (Å²) < 4.78 is 7.08. The van der Waals surface area contributed by atoms with Crippen LogP contribution in [0.3, 0.4) is 0 Å². The van der Waals surface area contributed by atoms with Crippen LogP contribution >= 0.6 is 0 Å². The predicted molar refractivity (Wildman–Crippen MR) is 65.0 cm³/mol. The molecule has 0 saturated carbocycles. The van der Waals surface area contributed by atoms with Crippen molar-refractivity contribution in [3.63, 3.8) is 0 Å². The third kappa shape index (κ3) is 3.28. The number of hydrogen-bond acceptors (Lipinski definition) is 3. The van der Waals surface area contributed by atoms with Crippen molar-refractivity contribution >= 4 is 0 Å². The van der Waals surface area contributed by atoms with E-state index in [1.807, 2.05) is 59.5 Å². The maximum Gasteiger partial charge on any atom is 0.174 e. The van der Waals surface area contributed by atoms with Crippen LogP contribution in [0.5, 0.6) is 5.75 Å². The summed E-state index contributed by atoms with van der Waals surface area (Å²) in [5.41, 5.74) is 4.38. The maximum atomic E-state index is 8.38. The zero-order chi connectivity index (χ0) is 11.9. The van der Waals surface area contributed by atoms with Crippen LogP contribution in [-0.2, 0) is 6.54 Å². The van der Waals surface area contributed by atoms with Crippen molar-refractivity contribution in [1.29, 1.82) is 5.26 Å². The minimum absolute atomic E-state index is 0.0843. The van der Waals surface area contributed by atoms with Gasteiger partial charge in [0.25, 0.3) is 0 Å². The van der Waals surface area contributed by atoms with E-state index < -0.39 is 0 Å². The number of benzene rings is 1. The number of aromatic nitrogens is 1. The lowest BCUT2D eigenvalue weighted by atomic mass is 10.2. The fourth-order valence-corrected chi connectivity index (χ4v) is 1.44. The second-order valence-electron chi connectivity index (χ2n) is 3.52. The first-order chi connectivity index (χ1) is 8.38. The average Bonchev–Trinajstić information content (AvgIpc) is 2.88. The van der Waals surface area contributed by atoms with E-state index >= 15 is 0 Å². The molecular formula is C13H13N3O. The molecule has 0 amide bonds. The van der Waals surface area contributed by atoms with Gasteiger partial charge in [0.15, 0.2) is 6.61 Å². The quantitative estimate of drug-likeness (QED) is 0.851. The van der Waals surface area contributed by atoms with Crippen molar-refractivity contribution in [2.24, 2.45) is 0 Å². The molecule has 1 aromatic carbocycles. The number of rotatable bonds is 5. The van der Waals surface area contributed by atoms with E-state index in [0.717, 1.165) is 17.9 Å². The molecule has 0 radical (unpaired) electrons. The molecule has 0 aliphatic heterocycles. The summed E-state index contributed by atoms with van der Waals surface area (Å²) in [6.07, 6.45) is 3.90. The van der Waals surface area contributed by atoms with Crippen molar-refractivity contribution in [2.45, 2.75) is 6.54 Å². The molecule has 4 nitrogen and oxygen atoms in total. The lowest BCUT2D eigenvalue weighted by molar-refractivity contribution is 0.368. The summed E-state index contributed by atoms with van der Waals surface area (Å²) in [6.45, 7) is 0.828. The highest BCUT2D eigenvalue weighted by atomic mass is 16.5. The molecule has 0 atom stereocenters. The van der Waals surface area contributed by atoms with Crippen LogP contribution in [0, 0.1) is 11.3 Å². The standard InChI is InChI=1S/C13H13N3O/c14-7-10-17-13-5-3-12(4-6-13)11-15-16-8-1-2-9-16/h1-6,8-9,15H,10-11H2. The van der Waals surface area contributed by atoms with Crippen molar-refractivity contribution in [2.75, 3.05) is 12.0 Å². The third-order valence-corrected chi connectivity index (χ3v) is 2.30. The molecule has 1 heterocycles. The molecule has 2 rings (SSSR count). The van der Waals surface area contributed by atoms with Crippen LogP contribution in [0.25, 0.3) is 0 Å². The Balaban J connectivity index is 1.88. The molecule has 1 aromatic heterocycles. The van der Waals surface area contributed by atoms with Crippen molar-refractivity contribution < 1.29 is 4.74 Å².